The summed E-state index contributed by atoms with van der Waals surface area (Å²) >= 11 is 0. The summed E-state index contributed by atoms with van der Waals surface area (Å²) in [4.78, 5) is 12.1. The monoisotopic (exact) mass is 323 g/mol. The normalized spacial score (nSPS) is 18.6. The van der Waals surface area contributed by atoms with E-state index in [0.29, 0.717) is 0 Å². The van der Waals surface area contributed by atoms with Gasteiger partial charge in [0.2, 0.25) is 5.91 Å². The van der Waals surface area contributed by atoms with Gasteiger partial charge < -0.3 is 5.32 Å². The fourth-order valence-corrected chi connectivity index (χ4v) is 4.69. The van der Waals surface area contributed by atoms with Crippen molar-refractivity contribution >= 4 is 15.7 Å². The second-order valence-corrected chi connectivity index (χ2v) is 8.62. The van der Waals surface area contributed by atoms with Crippen LogP contribution in [0.1, 0.15) is 50.3 Å². The van der Waals surface area contributed by atoms with Crippen molar-refractivity contribution in [3.05, 3.63) is 35.4 Å². The van der Waals surface area contributed by atoms with E-state index < -0.39 is 15.6 Å². The molecule has 1 N–H and O–H groups in total. The van der Waals surface area contributed by atoms with Crippen molar-refractivity contribution in [3.63, 3.8) is 0 Å². The van der Waals surface area contributed by atoms with E-state index in [1.54, 1.807) is 0 Å². The molecular formula is C17H25NO3S. The van der Waals surface area contributed by atoms with Gasteiger partial charge in [-0.3, -0.25) is 4.79 Å². The van der Waals surface area contributed by atoms with E-state index in [1.807, 2.05) is 32.0 Å². The Morgan fingerprint density at radius 3 is 2.73 bits per heavy atom. The highest BCUT2D eigenvalue weighted by molar-refractivity contribution is 7.92. The molecule has 122 valence electrons. The van der Waals surface area contributed by atoms with Crippen molar-refractivity contribution in [2.75, 3.05) is 11.5 Å². The van der Waals surface area contributed by atoms with Crippen molar-refractivity contribution in [2.45, 2.75) is 45.6 Å². The molecule has 0 spiro atoms. The van der Waals surface area contributed by atoms with Crippen LogP contribution in [0.25, 0.3) is 0 Å². The Balaban J connectivity index is 2.06. The maximum atomic E-state index is 12.1. The molecular weight excluding hydrogens is 298 g/mol. The first kappa shape index (κ1) is 17.0. The van der Waals surface area contributed by atoms with Crippen LogP contribution in [0.15, 0.2) is 24.3 Å². The van der Waals surface area contributed by atoms with E-state index in [2.05, 4.69) is 11.4 Å². The first-order valence-electron chi connectivity index (χ1n) is 7.95. The zero-order chi connectivity index (χ0) is 16.2. The Labute approximate surface area is 133 Å². The molecule has 0 bridgehead atoms. The number of amides is 1. The third-order valence-corrected chi connectivity index (χ3v) is 5.77. The summed E-state index contributed by atoms with van der Waals surface area (Å²) in [6.45, 7) is 3.69. The molecule has 2 rings (SSSR count). The van der Waals surface area contributed by atoms with Crippen LogP contribution in [-0.4, -0.2) is 25.8 Å². The Morgan fingerprint density at radius 2 is 2.00 bits per heavy atom. The number of carbonyl (C=O) groups excluding carboxylic acids is 1. The molecule has 22 heavy (non-hydrogen) atoms. The number of rotatable bonds is 5. The first-order valence-corrected chi connectivity index (χ1v) is 9.77. The summed E-state index contributed by atoms with van der Waals surface area (Å²) in [5.74, 6) is -0.704. The molecule has 1 aromatic carbocycles. The quantitative estimate of drug-likeness (QED) is 0.847. The van der Waals surface area contributed by atoms with E-state index in [9.17, 15) is 13.2 Å². The van der Waals surface area contributed by atoms with Crippen LogP contribution in [0.5, 0.6) is 0 Å². The molecule has 0 fully saturated rings. The van der Waals surface area contributed by atoms with E-state index in [-0.39, 0.29) is 23.6 Å². The molecule has 0 saturated heterocycles. The summed E-state index contributed by atoms with van der Waals surface area (Å²) in [5.41, 5.74) is 2.39. The van der Waals surface area contributed by atoms with Crippen LogP contribution >= 0.6 is 0 Å². The molecule has 0 aliphatic heterocycles. The standard InChI is InChI=1S/C17H25NO3S/c1-13(2)11-22(20,21)12-17(19)18-16-10-6-4-8-14-7-3-5-9-15(14)16/h3,5,7,9,13,16H,4,6,8,10-12H2,1-2H3,(H,18,19)/t16-/m1/s1. The van der Waals surface area contributed by atoms with Gasteiger partial charge in [0.05, 0.1) is 11.8 Å². The number of hydrogen-bond acceptors (Lipinski definition) is 3. The van der Waals surface area contributed by atoms with Gasteiger partial charge in [-0.25, -0.2) is 8.42 Å². The Hall–Kier alpha value is -1.36. The lowest BCUT2D eigenvalue weighted by atomic mass is 9.99. The first-order chi connectivity index (χ1) is 10.4. The summed E-state index contributed by atoms with van der Waals surface area (Å²) < 4.78 is 23.9. The van der Waals surface area contributed by atoms with Gasteiger partial charge in [0.15, 0.2) is 9.84 Å². The van der Waals surface area contributed by atoms with Crippen LogP contribution in [0.2, 0.25) is 0 Å². The van der Waals surface area contributed by atoms with Crippen LogP contribution in [-0.2, 0) is 21.1 Å². The molecule has 0 heterocycles. The smallest absolute Gasteiger partial charge is 0.235 e. The van der Waals surface area contributed by atoms with Gasteiger partial charge >= 0.3 is 0 Å². The highest BCUT2D eigenvalue weighted by Gasteiger charge is 2.23. The summed E-state index contributed by atoms with van der Waals surface area (Å²) in [6, 6.07) is 8.04. The number of sulfone groups is 1. The number of hydrogen-bond donors (Lipinski definition) is 1. The predicted octanol–water partition coefficient (Wildman–Crippen LogP) is 2.64. The van der Waals surface area contributed by atoms with Crippen LogP contribution in [0.3, 0.4) is 0 Å². The van der Waals surface area contributed by atoms with Crippen LogP contribution < -0.4 is 5.32 Å². The summed E-state index contributed by atoms with van der Waals surface area (Å²) in [5, 5.41) is 2.93. The maximum Gasteiger partial charge on any atom is 0.235 e. The fraction of sp³-hybridized carbons (Fsp3) is 0.588. The lowest BCUT2D eigenvalue weighted by Crippen LogP contribution is -2.35. The van der Waals surface area contributed by atoms with E-state index in [0.717, 1.165) is 31.2 Å². The number of nitrogens with one attached hydrogen (secondary N) is 1. The summed E-state index contributed by atoms with van der Waals surface area (Å²) in [6.07, 6.45) is 4.04. The summed E-state index contributed by atoms with van der Waals surface area (Å²) in [7, 11) is -3.33. The van der Waals surface area contributed by atoms with Gasteiger partial charge in [0.1, 0.15) is 5.75 Å². The molecule has 1 aliphatic carbocycles. The van der Waals surface area contributed by atoms with Crippen molar-refractivity contribution < 1.29 is 13.2 Å². The minimum atomic E-state index is -3.33. The number of fused-ring (bicyclic) bond motifs is 1. The van der Waals surface area contributed by atoms with Gasteiger partial charge in [-0.05, 0) is 36.3 Å². The molecule has 1 amide bonds. The van der Waals surface area contributed by atoms with Crippen molar-refractivity contribution in [2.24, 2.45) is 5.92 Å². The average molecular weight is 323 g/mol. The molecule has 1 atom stereocenters. The van der Waals surface area contributed by atoms with Crippen molar-refractivity contribution in [1.82, 2.24) is 5.32 Å². The predicted molar refractivity (Wildman–Crippen MR) is 88.4 cm³/mol. The molecule has 0 unspecified atom stereocenters. The van der Waals surface area contributed by atoms with Crippen LogP contribution in [0, 0.1) is 5.92 Å². The number of carbonyl (C=O) groups is 1. The molecule has 5 heteroatoms. The fourth-order valence-electron chi connectivity index (χ4n) is 3.07. The van der Waals surface area contributed by atoms with E-state index in [1.165, 1.54) is 5.56 Å². The Bertz CT molecular complexity index is 623. The highest BCUT2D eigenvalue weighted by Crippen LogP contribution is 2.28. The SMILES string of the molecule is CC(C)CS(=O)(=O)CC(=O)N[C@@H]1CCCCc2ccccc21. The maximum absolute atomic E-state index is 12.1. The molecule has 0 radical (unpaired) electrons. The topological polar surface area (TPSA) is 63.2 Å². The number of aryl methyl sites for hydroxylation is 1. The van der Waals surface area contributed by atoms with Gasteiger partial charge in [-0.2, -0.15) is 0 Å². The average Bonchev–Trinajstić information content (AvgIpc) is 2.59. The Kier molecular flexibility index (Phi) is 5.62. The van der Waals surface area contributed by atoms with Crippen LogP contribution in [0.4, 0.5) is 0 Å². The zero-order valence-corrected chi connectivity index (χ0v) is 14.2. The van der Waals surface area contributed by atoms with E-state index >= 15 is 0 Å². The highest BCUT2D eigenvalue weighted by atomic mass is 32.2. The molecule has 0 saturated carbocycles. The lowest BCUT2D eigenvalue weighted by Gasteiger charge is -2.19. The second-order valence-electron chi connectivity index (χ2n) is 6.51. The Morgan fingerprint density at radius 1 is 1.27 bits per heavy atom. The third-order valence-electron chi connectivity index (χ3n) is 3.89. The largest absolute Gasteiger partial charge is 0.348 e. The van der Waals surface area contributed by atoms with Crippen molar-refractivity contribution in [1.29, 1.82) is 0 Å². The van der Waals surface area contributed by atoms with Crippen molar-refractivity contribution in [3.8, 4) is 0 Å². The molecule has 1 aliphatic rings. The lowest BCUT2D eigenvalue weighted by molar-refractivity contribution is -0.119. The van der Waals surface area contributed by atoms with Gasteiger partial charge in [0.25, 0.3) is 0 Å². The number of benzene rings is 1. The molecule has 0 aromatic heterocycles. The molecule has 4 nitrogen and oxygen atoms in total. The molecule has 1 aromatic rings. The van der Waals surface area contributed by atoms with Gasteiger partial charge in [-0.15, -0.1) is 0 Å². The minimum absolute atomic E-state index is 0.0383. The van der Waals surface area contributed by atoms with Gasteiger partial charge in [0, 0.05) is 0 Å². The minimum Gasteiger partial charge on any atom is -0.348 e. The second kappa shape index (κ2) is 7.27. The van der Waals surface area contributed by atoms with Gasteiger partial charge in [-0.1, -0.05) is 44.5 Å². The van der Waals surface area contributed by atoms with E-state index in [4.69, 9.17) is 0 Å². The third kappa shape index (κ3) is 4.83. The zero-order valence-electron chi connectivity index (χ0n) is 13.3.